The highest BCUT2D eigenvalue weighted by molar-refractivity contribution is 7.11. The molecule has 0 unspecified atom stereocenters. The van der Waals surface area contributed by atoms with Crippen LogP contribution in [0.5, 0.6) is 0 Å². The molecule has 0 aliphatic heterocycles. The van der Waals surface area contributed by atoms with E-state index in [1.807, 2.05) is 23.7 Å². The number of nitrogens with one attached hydrogen (secondary N) is 1. The minimum atomic E-state index is 0.138. The summed E-state index contributed by atoms with van der Waals surface area (Å²) >= 11 is 1.84. The molecule has 1 N–H and O–H groups in total. The highest BCUT2D eigenvalue weighted by Crippen LogP contribution is 2.23. The predicted octanol–water partition coefficient (Wildman–Crippen LogP) is 3.97. The van der Waals surface area contributed by atoms with Crippen LogP contribution in [0.2, 0.25) is 0 Å². The van der Waals surface area contributed by atoms with Crippen LogP contribution in [0.15, 0.2) is 24.5 Å². The van der Waals surface area contributed by atoms with Crippen LogP contribution in [-0.4, -0.2) is 15.5 Å². The summed E-state index contributed by atoms with van der Waals surface area (Å²) in [5, 5.41) is 4.78. The first-order chi connectivity index (χ1) is 9.98. The van der Waals surface area contributed by atoms with E-state index in [-0.39, 0.29) is 5.54 Å². The molecule has 2 aromatic rings. The van der Waals surface area contributed by atoms with E-state index >= 15 is 0 Å². The SMILES string of the molecule is CCCc1nc(Cc2ccncc2)sc1CNC(C)(C)C. The zero-order valence-electron chi connectivity index (χ0n) is 13.4. The van der Waals surface area contributed by atoms with Crippen LogP contribution >= 0.6 is 11.3 Å². The van der Waals surface area contributed by atoms with Crippen molar-refractivity contribution in [1.29, 1.82) is 0 Å². The summed E-state index contributed by atoms with van der Waals surface area (Å²) in [5.41, 5.74) is 2.68. The Morgan fingerprint density at radius 2 is 1.90 bits per heavy atom. The van der Waals surface area contributed by atoms with Crippen LogP contribution < -0.4 is 5.32 Å². The largest absolute Gasteiger partial charge is 0.307 e. The van der Waals surface area contributed by atoms with E-state index in [2.05, 4.69) is 50.1 Å². The number of hydrogen-bond acceptors (Lipinski definition) is 4. The molecule has 0 aromatic carbocycles. The van der Waals surface area contributed by atoms with Gasteiger partial charge < -0.3 is 5.32 Å². The molecule has 0 amide bonds. The molecule has 0 saturated carbocycles. The Hall–Kier alpha value is -1.26. The summed E-state index contributed by atoms with van der Waals surface area (Å²) < 4.78 is 0. The summed E-state index contributed by atoms with van der Waals surface area (Å²) in [5.74, 6) is 0. The molecule has 0 atom stereocenters. The summed E-state index contributed by atoms with van der Waals surface area (Å²) in [4.78, 5) is 10.3. The van der Waals surface area contributed by atoms with E-state index in [0.29, 0.717) is 0 Å². The van der Waals surface area contributed by atoms with Gasteiger partial charge in [-0.1, -0.05) is 13.3 Å². The fraction of sp³-hybridized carbons (Fsp3) is 0.529. The highest BCUT2D eigenvalue weighted by atomic mass is 32.1. The second-order valence-corrected chi connectivity index (χ2v) is 7.53. The molecule has 4 heteroatoms. The van der Waals surface area contributed by atoms with Crippen molar-refractivity contribution in [3.05, 3.63) is 45.7 Å². The summed E-state index contributed by atoms with van der Waals surface area (Å²) in [6.07, 6.45) is 6.80. The van der Waals surface area contributed by atoms with E-state index in [1.165, 1.54) is 21.1 Å². The molecule has 0 radical (unpaired) electrons. The lowest BCUT2D eigenvalue weighted by molar-refractivity contribution is 0.425. The summed E-state index contributed by atoms with van der Waals surface area (Å²) in [7, 11) is 0. The van der Waals surface area contributed by atoms with Crippen molar-refractivity contribution in [3.8, 4) is 0 Å². The Balaban J connectivity index is 2.12. The number of thiazole rings is 1. The summed E-state index contributed by atoms with van der Waals surface area (Å²) in [6.45, 7) is 9.72. The third kappa shape index (κ3) is 5.21. The maximum atomic E-state index is 4.85. The van der Waals surface area contributed by atoms with Crippen LogP contribution in [0.3, 0.4) is 0 Å². The first-order valence-corrected chi connectivity index (χ1v) is 8.41. The number of nitrogens with zero attached hydrogens (tertiary/aromatic N) is 2. The van der Waals surface area contributed by atoms with Crippen molar-refractivity contribution < 1.29 is 0 Å². The Morgan fingerprint density at radius 3 is 2.52 bits per heavy atom. The fourth-order valence-corrected chi connectivity index (χ4v) is 3.19. The van der Waals surface area contributed by atoms with E-state index in [4.69, 9.17) is 4.98 Å². The van der Waals surface area contributed by atoms with Gasteiger partial charge in [0.25, 0.3) is 0 Å². The van der Waals surface area contributed by atoms with Gasteiger partial charge >= 0.3 is 0 Å². The first kappa shape index (κ1) is 16.1. The van der Waals surface area contributed by atoms with E-state index in [9.17, 15) is 0 Å². The first-order valence-electron chi connectivity index (χ1n) is 7.59. The predicted molar refractivity (Wildman–Crippen MR) is 89.7 cm³/mol. The molecule has 2 heterocycles. The second-order valence-electron chi connectivity index (χ2n) is 6.36. The van der Waals surface area contributed by atoms with Crippen molar-refractivity contribution in [2.75, 3.05) is 0 Å². The van der Waals surface area contributed by atoms with E-state index in [0.717, 1.165) is 25.8 Å². The topological polar surface area (TPSA) is 37.8 Å². The van der Waals surface area contributed by atoms with Gasteiger partial charge in [0.1, 0.15) is 0 Å². The highest BCUT2D eigenvalue weighted by Gasteiger charge is 2.14. The minimum absolute atomic E-state index is 0.138. The van der Waals surface area contributed by atoms with Crippen molar-refractivity contribution >= 4 is 11.3 Å². The van der Waals surface area contributed by atoms with Gasteiger partial charge in [-0.25, -0.2) is 4.98 Å². The number of rotatable bonds is 6. The minimum Gasteiger partial charge on any atom is -0.307 e. The molecular formula is C17H25N3S. The number of pyridine rings is 1. The second kappa shape index (κ2) is 7.14. The monoisotopic (exact) mass is 303 g/mol. The Morgan fingerprint density at radius 1 is 1.19 bits per heavy atom. The third-order valence-electron chi connectivity index (χ3n) is 3.19. The summed E-state index contributed by atoms with van der Waals surface area (Å²) in [6, 6.07) is 4.13. The zero-order valence-corrected chi connectivity index (χ0v) is 14.3. The van der Waals surface area contributed by atoms with Gasteiger partial charge in [0.15, 0.2) is 0 Å². The normalized spacial score (nSPS) is 11.8. The maximum Gasteiger partial charge on any atom is 0.0975 e. The van der Waals surface area contributed by atoms with Crippen molar-refractivity contribution in [1.82, 2.24) is 15.3 Å². The van der Waals surface area contributed by atoms with Crippen molar-refractivity contribution in [2.45, 2.75) is 59.0 Å². The molecule has 0 bridgehead atoms. The molecule has 114 valence electrons. The van der Waals surface area contributed by atoms with Gasteiger partial charge in [0, 0.05) is 35.8 Å². The quantitative estimate of drug-likeness (QED) is 0.877. The molecule has 2 rings (SSSR count). The van der Waals surface area contributed by atoms with Gasteiger partial charge in [-0.2, -0.15) is 0 Å². The van der Waals surface area contributed by atoms with Crippen LogP contribution in [0.4, 0.5) is 0 Å². The number of aryl methyl sites for hydroxylation is 1. The molecule has 3 nitrogen and oxygen atoms in total. The van der Waals surface area contributed by atoms with Crippen LogP contribution in [0.1, 0.15) is 55.3 Å². The lowest BCUT2D eigenvalue weighted by atomic mass is 10.1. The van der Waals surface area contributed by atoms with Crippen molar-refractivity contribution in [2.24, 2.45) is 0 Å². The van der Waals surface area contributed by atoms with E-state index in [1.54, 1.807) is 0 Å². The Kier molecular flexibility index (Phi) is 5.48. The van der Waals surface area contributed by atoms with Gasteiger partial charge in [-0.15, -0.1) is 11.3 Å². The molecule has 0 fully saturated rings. The average molecular weight is 303 g/mol. The third-order valence-corrected chi connectivity index (χ3v) is 4.29. The van der Waals surface area contributed by atoms with Crippen LogP contribution in [0, 0.1) is 0 Å². The number of hydrogen-bond donors (Lipinski definition) is 1. The van der Waals surface area contributed by atoms with Gasteiger partial charge in [-0.3, -0.25) is 4.98 Å². The van der Waals surface area contributed by atoms with Gasteiger partial charge in [0.2, 0.25) is 0 Å². The van der Waals surface area contributed by atoms with Crippen LogP contribution in [0.25, 0.3) is 0 Å². The zero-order chi connectivity index (χ0) is 15.3. The van der Waals surface area contributed by atoms with Gasteiger partial charge in [-0.05, 0) is 44.9 Å². The maximum absolute atomic E-state index is 4.85. The lowest BCUT2D eigenvalue weighted by Crippen LogP contribution is -2.35. The molecule has 2 aromatic heterocycles. The molecule has 0 saturated heterocycles. The van der Waals surface area contributed by atoms with Crippen molar-refractivity contribution in [3.63, 3.8) is 0 Å². The molecular weight excluding hydrogens is 278 g/mol. The molecule has 0 aliphatic rings. The Labute approximate surface area is 131 Å². The number of aromatic nitrogens is 2. The average Bonchev–Trinajstić information content (AvgIpc) is 2.79. The lowest BCUT2D eigenvalue weighted by Gasteiger charge is -2.20. The van der Waals surface area contributed by atoms with Crippen LogP contribution in [-0.2, 0) is 19.4 Å². The smallest absolute Gasteiger partial charge is 0.0975 e. The van der Waals surface area contributed by atoms with E-state index < -0.39 is 0 Å². The molecule has 21 heavy (non-hydrogen) atoms. The molecule has 0 spiro atoms. The fourth-order valence-electron chi connectivity index (χ4n) is 2.10. The standard InChI is InChI=1S/C17H25N3S/c1-5-6-14-15(12-19-17(2,3)4)21-16(20-14)11-13-7-9-18-10-8-13/h7-10,19H,5-6,11-12H2,1-4H3. The van der Waals surface area contributed by atoms with Gasteiger partial charge in [0.05, 0.1) is 10.7 Å². The Bertz CT molecular complexity index is 555. The molecule has 0 aliphatic carbocycles.